The Morgan fingerprint density at radius 2 is 2.04 bits per heavy atom. The number of rotatable bonds is 5. The summed E-state index contributed by atoms with van der Waals surface area (Å²) in [6.45, 7) is 9.43. The van der Waals surface area contributed by atoms with Crippen LogP contribution in [-0.2, 0) is 13.6 Å². The minimum Gasteiger partial charge on any atom is -0.355 e. The fourth-order valence-corrected chi connectivity index (χ4v) is 3.41. The van der Waals surface area contributed by atoms with Crippen molar-refractivity contribution in [2.75, 3.05) is 54.4 Å². The molecule has 1 aromatic heterocycles. The maximum absolute atomic E-state index is 4.60. The second kappa shape index (κ2) is 10.5. The summed E-state index contributed by atoms with van der Waals surface area (Å²) in [5, 5.41) is 8.15. The Balaban J connectivity index is 0.00000338. The minimum absolute atomic E-state index is 0. The van der Waals surface area contributed by atoms with Gasteiger partial charge in [0.15, 0.2) is 5.96 Å². The number of aromatic nitrogens is 2. The van der Waals surface area contributed by atoms with Crippen molar-refractivity contribution in [3.63, 3.8) is 0 Å². The first-order valence-electron chi connectivity index (χ1n) is 9.14. The van der Waals surface area contributed by atoms with E-state index in [1.54, 1.807) is 0 Å². The van der Waals surface area contributed by atoms with E-state index < -0.39 is 0 Å². The summed E-state index contributed by atoms with van der Waals surface area (Å²) >= 11 is 0. The van der Waals surface area contributed by atoms with Crippen LogP contribution in [0, 0.1) is 0 Å². The molecule has 2 rings (SSSR count). The quantitative estimate of drug-likeness (QED) is 0.395. The lowest BCUT2D eigenvalue weighted by Gasteiger charge is -2.38. The van der Waals surface area contributed by atoms with Gasteiger partial charge in [-0.2, -0.15) is 5.10 Å². The summed E-state index contributed by atoms with van der Waals surface area (Å²) in [4.78, 5) is 11.5. The van der Waals surface area contributed by atoms with Gasteiger partial charge in [-0.3, -0.25) is 14.6 Å². The summed E-state index contributed by atoms with van der Waals surface area (Å²) in [5.41, 5.74) is 2.43. The van der Waals surface area contributed by atoms with Crippen molar-refractivity contribution >= 4 is 29.9 Å². The third-order valence-electron chi connectivity index (χ3n) is 4.94. The van der Waals surface area contributed by atoms with Crippen LogP contribution >= 0.6 is 24.0 Å². The number of aryl methyl sites for hydroxylation is 1. The van der Waals surface area contributed by atoms with Gasteiger partial charge in [-0.05, 0) is 20.0 Å². The summed E-state index contributed by atoms with van der Waals surface area (Å²) in [7, 11) is 10.3. The number of piperazine rings is 1. The fraction of sp³-hybridized carbons (Fsp3) is 0.778. The van der Waals surface area contributed by atoms with Crippen molar-refractivity contribution < 1.29 is 0 Å². The standard InChI is InChI=1S/C18H35N7.HI/c1-14(2)17-15(12-25(7)21-17)11-24(6)18(19-3)20-10-16-13-22(4)8-9-23(16)5;/h12,14,16H,8-11,13H2,1-7H3,(H,19,20);1H. The molecule has 1 aliphatic rings. The Hall–Kier alpha value is -0.870. The van der Waals surface area contributed by atoms with Gasteiger partial charge in [0.25, 0.3) is 0 Å². The number of likely N-dealkylation sites (N-methyl/N-ethyl adjacent to an activating group) is 2. The molecule has 2 heterocycles. The topological polar surface area (TPSA) is 51.9 Å². The SMILES string of the molecule is CN=C(NCC1CN(C)CCN1C)N(C)Cc1cn(C)nc1C(C)C.I. The lowest BCUT2D eigenvalue weighted by Crippen LogP contribution is -2.55. The molecule has 1 fully saturated rings. The molecule has 0 radical (unpaired) electrons. The third-order valence-corrected chi connectivity index (χ3v) is 4.94. The van der Waals surface area contributed by atoms with Crippen molar-refractivity contribution in [3.8, 4) is 0 Å². The molecule has 8 heteroatoms. The number of nitrogens with zero attached hydrogens (tertiary/aromatic N) is 6. The molecule has 7 nitrogen and oxygen atoms in total. The van der Waals surface area contributed by atoms with E-state index in [2.05, 4.69) is 71.3 Å². The van der Waals surface area contributed by atoms with E-state index in [0.29, 0.717) is 12.0 Å². The number of nitrogens with one attached hydrogen (secondary N) is 1. The molecule has 0 aromatic carbocycles. The molecular weight excluding hydrogens is 441 g/mol. The summed E-state index contributed by atoms with van der Waals surface area (Å²) in [6.07, 6.45) is 2.11. The van der Waals surface area contributed by atoms with Crippen LogP contribution in [-0.4, -0.2) is 90.9 Å². The molecule has 0 aliphatic carbocycles. The van der Waals surface area contributed by atoms with Crippen molar-refractivity contribution in [1.82, 2.24) is 29.8 Å². The van der Waals surface area contributed by atoms with Crippen molar-refractivity contribution in [2.24, 2.45) is 12.0 Å². The molecule has 150 valence electrons. The van der Waals surface area contributed by atoms with Crippen LogP contribution in [0.4, 0.5) is 0 Å². The Morgan fingerprint density at radius 1 is 1.35 bits per heavy atom. The molecule has 0 bridgehead atoms. The third kappa shape index (κ3) is 6.09. The Morgan fingerprint density at radius 3 is 2.65 bits per heavy atom. The Kier molecular flexibility index (Phi) is 9.32. The molecule has 1 unspecified atom stereocenters. The van der Waals surface area contributed by atoms with Crippen LogP contribution in [0.2, 0.25) is 0 Å². The van der Waals surface area contributed by atoms with E-state index in [9.17, 15) is 0 Å². The molecule has 1 aromatic rings. The maximum Gasteiger partial charge on any atom is 0.193 e. The zero-order chi connectivity index (χ0) is 18.6. The first kappa shape index (κ1) is 23.2. The van der Waals surface area contributed by atoms with E-state index in [1.165, 1.54) is 11.3 Å². The van der Waals surface area contributed by atoms with E-state index >= 15 is 0 Å². The Bertz CT molecular complexity index is 584. The van der Waals surface area contributed by atoms with Gasteiger partial charge in [-0.1, -0.05) is 13.8 Å². The van der Waals surface area contributed by atoms with Gasteiger partial charge in [0.1, 0.15) is 0 Å². The molecule has 1 atom stereocenters. The fourth-order valence-electron chi connectivity index (χ4n) is 3.41. The zero-order valence-electron chi connectivity index (χ0n) is 17.4. The van der Waals surface area contributed by atoms with Gasteiger partial charge in [-0.15, -0.1) is 24.0 Å². The molecule has 0 amide bonds. The molecule has 1 aliphatic heterocycles. The molecular formula is C18H36IN7. The highest BCUT2D eigenvalue weighted by Gasteiger charge is 2.23. The van der Waals surface area contributed by atoms with Crippen LogP contribution in [0.15, 0.2) is 11.2 Å². The molecule has 1 N–H and O–H groups in total. The van der Waals surface area contributed by atoms with Gasteiger partial charge in [0.2, 0.25) is 0 Å². The van der Waals surface area contributed by atoms with Crippen LogP contribution in [0.3, 0.4) is 0 Å². The van der Waals surface area contributed by atoms with Crippen LogP contribution in [0.5, 0.6) is 0 Å². The van der Waals surface area contributed by atoms with E-state index in [1.807, 2.05) is 18.8 Å². The molecule has 1 saturated heterocycles. The van der Waals surface area contributed by atoms with Crippen molar-refractivity contribution in [2.45, 2.75) is 32.4 Å². The molecule has 0 spiro atoms. The van der Waals surface area contributed by atoms with Gasteiger partial charge < -0.3 is 15.1 Å². The number of guanidine groups is 1. The Labute approximate surface area is 175 Å². The normalized spacial score (nSPS) is 19.5. The van der Waals surface area contributed by atoms with E-state index in [4.69, 9.17) is 0 Å². The van der Waals surface area contributed by atoms with E-state index in [0.717, 1.165) is 38.7 Å². The predicted molar refractivity (Wildman–Crippen MR) is 119 cm³/mol. The van der Waals surface area contributed by atoms with Crippen molar-refractivity contribution in [1.29, 1.82) is 0 Å². The average Bonchev–Trinajstić information content (AvgIpc) is 2.91. The highest BCUT2D eigenvalue weighted by atomic mass is 127. The largest absolute Gasteiger partial charge is 0.355 e. The summed E-state index contributed by atoms with van der Waals surface area (Å²) in [5.74, 6) is 1.35. The highest BCUT2D eigenvalue weighted by molar-refractivity contribution is 14.0. The van der Waals surface area contributed by atoms with Gasteiger partial charge >= 0.3 is 0 Å². The minimum atomic E-state index is 0. The summed E-state index contributed by atoms with van der Waals surface area (Å²) < 4.78 is 1.90. The molecule has 26 heavy (non-hydrogen) atoms. The average molecular weight is 477 g/mol. The highest BCUT2D eigenvalue weighted by Crippen LogP contribution is 2.18. The number of hydrogen-bond donors (Lipinski definition) is 1. The van der Waals surface area contributed by atoms with Crippen LogP contribution in [0.25, 0.3) is 0 Å². The zero-order valence-corrected chi connectivity index (χ0v) is 19.7. The lowest BCUT2D eigenvalue weighted by atomic mass is 10.1. The first-order valence-corrected chi connectivity index (χ1v) is 9.14. The van der Waals surface area contributed by atoms with Crippen molar-refractivity contribution in [3.05, 3.63) is 17.5 Å². The maximum atomic E-state index is 4.60. The second-order valence-corrected chi connectivity index (χ2v) is 7.55. The summed E-state index contributed by atoms with van der Waals surface area (Å²) in [6, 6.07) is 0.508. The molecule has 0 saturated carbocycles. The van der Waals surface area contributed by atoms with Crippen LogP contribution in [0.1, 0.15) is 31.0 Å². The first-order chi connectivity index (χ1) is 11.8. The van der Waals surface area contributed by atoms with E-state index in [-0.39, 0.29) is 24.0 Å². The smallest absolute Gasteiger partial charge is 0.193 e. The number of halogens is 1. The van der Waals surface area contributed by atoms with Gasteiger partial charge in [-0.25, -0.2) is 0 Å². The lowest BCUT2D eigenvalue weighted by molar-refractivity contribution is 0.116. The van der Waals surface area contributed by atoms with Gasteiger partial charge in [0.05, 0.1) is 5.69 Å². The second-order valence-electron chi connectivity index (χ2n) is 7.55. The predicted octanol–water partition coefficient (Wildman–Crippen LogP) is 1.41. The van der Waals surface area contributed by atoms with Gasteiger partial charge in [0, 0.05) is 71.7 Å². The number of hydrogen-bond acceptors (Lipinski definition) is 4. The number of aliphatic imine (C=N–C) groups is 1. The van der Waals surface area contributed by atoms with Crippen LogP contribution < -0.4 is 5.32 Å². The monoisotopic (exact) mass is 477 g/mol.